The van der Waals surface area contributed by atoms with E-state index in [1.54, 1.807) is 0 Å². The van der Waals surface area contributed by atoms with Crippen LogP contribution in [0, 0.1) is 5.92 Å². The summed E-state index contributed by atoms with van der Waals surface area (Å²) in [5.74, 6) is 0.862. The molecule has 0 bridgehead atoms. The number of nitrogens with one attached hydrogen (secondary N) is 1. The molecule has 3 heteroatoms. The van der Waals surface area contributed by atoms with E-state index in [4.69, 9.17) is 4.74 Å². The lowest BCUT2D eigenvalue weighted by Crippen LogP contribution is -2.56. The van der Waals surface area contributed by atoms with Gasteiger partial charge in [0.2, 0.25) is 0 Å². The molecule has 1 heterocycles. The van der Waals surface area contributed by atoms with Crippen molar-refractivity contribution in [3.63, 3.8) is 0 Å². The molecule has 0 spiro atoms. The zero-order valence-electron chi connectivity index (χ0n) is 14.1. The molecular formula is C17H34N2O. The van der Waals surface area contributed by atoms with Gasteiger partial charge in [0.05, 0.1) is 12.2 Å². The molecule has 0 aromatic carbocycles. The van der Waals surface area contributed by atoms with Crippen LogP contribution in [0.4, 0.5) is 0 Å². The van der Waals surface area contributed by atoms with Crippen molar-refractivity contribution in [1.82, 2.24) is 10.2 Å². The Morgan fingerprint density at radius 2 is 1.80 bits per heavy atom. The van der Waals surface area contributed by atoms with Crippen LogP contribution in [0.3, 0.4) is 0 Å². The third-order valence-corrected chi connectivity index (χ3v) is 5.43. The Bertz CT molecular complexity index is 297. The number of ether oxygens (including phenoxy) is 1. The predicted octanol–water partition coefficient (Wildman–Crippen LogP) is 3.04. The van der Waals surface area contributed by atoms with Gasteiger partial charge >= 0.3 is 0 Å². The highest BCUT2D eigenvalue weighted by Gasteiger charge is 2.37. The number of rotatable bonds is 4. The molecule has 2 rings (SSSR count). The summed E-state index contributed by atoms with van der Waals surface area (Å²) in [6.07, 6.45) is 8.57. The summed E-state index contributed by atoms with van der Waals surface area (Å²) in [5.41, 5.74) is 0.364. The van der Waals surface area contributed by atoms with Crippen LogP contribution in [-0.4, -0.2) is 49.3 Å². The van der Waals surface area contributed by atoms with Crippen LogP contribution < -0.4 is 5.32 Å². The van der Waals surface area contributed by atoms with Gasteiger partial charge in [-0.1, -0.05) is 19.8 Å². The number of nitrogens with zero attached hydrogens (tertiary/aromatic N) is 1. The van der Waals surface area contributed by atoms with Gasteiger partial charge in [0.1, 0.15) is 0 Å². The first-order valence-corrected chi connectivity index (χ1v) is 8.47. The average Bonchev–Trinajstić information content (AvgIpc) is 2.35. The zero-order valence-corrected chi connectivity index (χ0v) is 14.1. The van der Waals surface area contributed by atoms with Gasteiger partial charge in [-0.05, 0) is 59.5 Å². The van der Waals surface area contributed by atoms with Crippen molar-refractivity contribution in [2.24, 2.45) is 5.92 Å². The minimum Gasteiger partial charge on any atom is -0.375 e. The summed E-state index contributed by atoms with van der Waals surface area (Å²) < 4.78 is 5.85. The largest absolute Gasteiger partial charge is 0.375 e. The van der Waals surface area contributed by atoms with Crippen molar-refractivity contribution in [1.29, 1.82) is 0 Å². The molecule has 4 unspecified atom stereocenters. The van der Waals surface area contributed by atoms with Crippen molar-refractivity contribution in [2.75, 3.05) is 20.6 Å². The molecule has 0 aromatic rings. The maximum atomic E-state index is 5.85. The molecular weight excluding hydrogens is 248 g/mol. The fourth-order valence-corrected chi connectivity index (χ4v) is 4.26. The quantitative estimate of drug-likeness (QED) is 0.858. The first kappa shape index (κ1) is 16.3. The minimum absolute atomic E-state index is 0.364. The van der Waals surface area contributed by atoms with E-state index in [2.05, 4.69) is 45.1 Å². The third kappa shape index (κ3) is 3.96. The highest BCUT2D eigenvalue weighted by Crippen LogP contribution is 2.35. The summed E-state index contributed by atoms with van der Waals surface area (Å²) in [5, 5.41) is 3.87. The molecule has 0 amide bonds. The highest BCUT2D eigenvalue weighted by molar-refractivity contribution is 4.96. The van der Waals surface area contributed by atoms with Crippen molar-refractivity contribution < 1.29 is 4.74 Å². The van der Waals surface area contributed by atoms with Crippen LogP contribution in [0.2, 0.25) is 0 Å². The van der Waals surface area contributed by atoms with Crippen LogP contribution in [0.15, 0.2) is 0 Å². The van der Waals surface area contributed by atoms with E-state index in [1.165, 1.54) is 25.7 Å². The summed E-state index contributed by atoms with van der Waals surface area (Å²) in [6.45, 7) is 7.95. The molecule has 2 fully saturated rings. The van der Waals surface area contributed by atoms with Crippen LogP contribution in [0.25, 0.3) is 0 Å². The normalized spacial score (nSPS) is 42.9. The smallest absolute Gasteiger partial charge is 0.0565 e. The van der Waals surface area contributed by atoms with Crippen molar-refractivity contribution >= 4 is 0 Å². The number of hydrogen-bond acceptors (Lipinski definition) is 3. The van der Waals surface area contributed by atoms with Crippen LogP contribution in [-0.2, 0) is 4.74 Å². The van der Waals surface area contributed by atoms with E-state index in [9.17, 15) is 0 Å². The standard InChI is InChI=1S/C17H34N2O/c1-13-7-6-8-17(11-13,19(4)5)12-18-16-9-14(2)20-15(3)10-16/h13-16,18H,6-12H2,1-5H3. The number of likely N-dealkylation sites (N-methyl/N-ethyl adjacent to an activating group) is 1. The topological polar surface area (TPSA) is 24.5 Å². The van der Waals surface area contributed by atoms with Gasteiger partial charge in [0.25, 0.3) is 0 Å². The van der Waals surface area contributed by atoms with E-state index in [0.29, 0.717) is 23.8 Å². The van der Waals surface area contributed by atoms with Crippen molar-refractivity contribution in [3.8, 4) is 0 Å². The van der Waals surface area contributed by atoms with E-state index in [-0.39, 0.29) is 0 Å². The van der Waals surface area contributed by atoms with Crippen molar-refractivity contribution in [2.45, 2.75) is 83.1 Å². The number of hydrogen-bond donors (Lipinski definition) is 1. The Morgan fingerprint density at radius 1 is 1.15 bits per heavy atom. The van der Waals surface area contributed by atoms with Gasteiger partial charge in [-0.25, -0.2) is 0 Å². The van der Waals surface area contributed by atoms with Crippen LogP contribution in [0.1, 0.15) is 59.3 Å². The summed E-state index contributed by atoms with van der Waals surface area (Å²) in [4.78, 5) is 2.47. The summed E-state index contributed by atoms with van der Waals surface area (Å²) in [7, 11) is 4.52. The molecule has 1 N–H and O–H groups in total. The second-order valence-electron chi connectivity index (χ2n) is 7.63. The van der Waals surface area contributed by atoms with E-state index in [0.717, 1.165) is 25.3 Å². The second kappa shape index (κ2) is 6.76. The maximum Gasteiger partial charge on any atom is 0.0565 e. The Labute approximate surface area is 125 Å². The molecule has 1 saturated carbocycles. The van der Waals surface area contributed by atoms with Crippen molar-refractivity contribution in [3.05, 3.63) is 0 Å². The van der Waals surface area contributed by atoms with Gasteiger partial charge in [-0.15, -0.1) is 0 Å². The fraction of sp³-hybridized carbons (Fsp3) is 1.00. The molecule has 0 aromatic heterocycles. The second-order valence-corrected chi connectivity index (χ2v) is 7.63. The van der Waals surface area contributed by atoms with E-state index >= 15 is 0 Å². The average molecular weight is 282 g/mol. The lowest BCUT2D eigenvalue weighted by atomic mass is 9.75. The maximum absolute atomic E-state index is 5.85. The van der Waals surface area contributed by atoms with Gasteiger partial charge in [0, 0.05) is 18.1 Å². The minimum atomic E-state index is 0.364. The van der Waals surface area contributed by atoms with E-state index in [1.807, 2.05) is 0 Å². The predicted molar refractivity (Wildman–Crippen MR) is 85.1 cm³/mol. The molecule has 4 atom stereocenters. The first-order chi connectivity index (χ1) is 9.41. The molecule has 118 valence electrons. The Hall–Kier alpha value is -0.120. The zero-order chi connectivity index (χ0) is 14.8. The lowest BCUT2D eigenvalue weighted by molar-refractivity contribution is -0.0449. The lowest BCUT2D eigenvalue weighted by Gasteiger charge is -2.46. The van der Waals surface area contributed by atoms with Gasteiger partial charge in [0.15, 0.2) is 0 Å². The van der Waals surface area contributed by atoms with Gasteiger partial charge in [-0.3, -0.25) is 0 Å². The molecule has 1 aliphatic heterocycles. The molecule has 2 aliphatic rings. The van der Waals surface area contributed by atoms with Crippen LogP contribution >= 0.6 is 0 Å². The van der Waals surface area contributed by atoms with Gasteiger partial charge < -0.3 is 15.0 Å². The molecule has 1 saturated heterocycles. The first-order valence-electron chi connectivity index (χ1n) is 8.47. The molecule has 3 nitrogen and oxygen atoms in total. The Morgan fingerprint density at radius 3 is 2.35 bits per heavy atom. The molecule has 0 radical (unpaired) electrons. The molecule has 1 aliphatic carbocycles. The summed E-state index contributed by atoms with van der Waals surface area (Å²) in [6, 6.07) is 0.628. The van der Waals surface area contributed by atoms with Gasteiger partial charge in [-0.2, -0.15) is 0 Å². The molecule has 20 heavy (non-hydrogen) atoms. The van der Waals surface area contributed by atoms with Crippen LogP contribution in [0.5, 0.6) is 0 Å². The Balaban J connectivity index is 1.92. The van der Waals surface area contributed by atoms with E-state index < -0.39 is 0 Å². The SMILES string of the molecule is CC1CCCC(CNC2CC(C)OC(C)C2)(N(C)C)C1. The monoisotopic (exact) mass is 282 g/mol. The third-order valence-electron chi connectivity index (χ3n) is 5.43. The Kier molecular flexibility index (Phi) is 5.49. The highest BCUT2D eigenvalue weighted by atomic mass is 16.5. The summed E-state index contributed by atoms with van der Waals surface area (Å²) >= 11 is 0. The fourth-order valence-electron chi connectivity index (χ4n) is 4.26.